The lowest BCUT2D eigenvalue weighted by atomic mass is 10.1. The average molecular weight is 194 g/mol. The lowest BCUT2D eigenvalue weighted by molar-refractivity contribution is -0.120. The Morgan fingerprint density at radius 3 is 2.21 bits per heavy atom. The van der Waals surface area contributed by atoms with E-state index in [0.29, 0.717) is 38.5 Å². The van der Waals surface area contributed by atoms with Crippen LogP contribution in [0.15, 0.2) is 0 Å². The van der Waals surface area contributed by atoms with Gasteiger partial charge in [-0.05, 0) is 12.8 Å². The molecule has 0 heterocycles. The molecule has 0 aliphatic carbocycles. The highest BCUT2D eigenvalue weighted by atomic mass is 16.1. The predicted molar refractivity (Wildman–Crippen MR) is 56.8 cm³/mol. The van der Waals surface area contributed by atoms with Gasteiger partial charge < -0.3 is 0 Å². The molecule has 0 fully saturated rings. The van der Waals surface area contributed by atoms with E-state index in [2.05, 4.69) is 5.92 Å². The second kappa shape index (κ2) is 8.50. The van der Waals surface area contributed by atoms with E-state index in [9.17, 15) is 9.59 Å². The van der Waals surface area contributed by atoms with E-state index in [0.717, 1.165) is 6.42 Å². The summed E-state index contributed by atoms with van der Waals surface area (Å²) < 4.78 is 0. The van der Waals surface area contributed by atoms with Crippen LogP contribution in [0.4, 0.5) is 0 Å². The second-order valence-electron chi connectivity index (χ2n) is 3.34. The first kappa shape index (κ1) is 12.9. The molecule has 0 atom stereocenters. The smallest absolute Gasteiger partial charge is 0.132 e. The van der Waals surface area contributed by atoms with Crippen molar-refractivity contribution in [3.05, 3.63) is 0 Å². The SMILES string of the molecule is C#CCCCC(=O)CCCC(=O)CC. The first-order valence-electron chi connectivity index (χ1n) is 5.17. The molecular weight excluding hydrogens is 176 g/mol. The summed E-state index contributed by atoms with van der Waals surface area (Å²) in [5.41, 5.74) is 0. The van der Waals surface area contributed by atoms with Gasteiger partial charge in [-0.25, -0.2) is 0 Å². The van der Waals surface area contributed by atoms with Crippen molar-refractivity contribution >= 4 is 11.6 Å². The molecule has 0 aromatic rings. The van der Waals surface area contributed by atoms with Crippen LogP contribution >= 0.6 is 0 Å². The lowest BCUT2D eigenvalue weighted by Gasteiger charge is -1.98. The van der Waals surface area contributed by atoms with Gasteiger partial charge in [0.25, 0.3) is 0 Å². The number of carbonyl (C=O) groups is 2. The van der Waals surface area contributed by atoms with Gasteiger partial charge in [0.1, 0.15) is 11.6 Å². The van der Waals surface area contributed by atoms with Crippen LogP contribution in [0.25, 0.3) is 0 Å². The van der Waals surface area contributed by atoms with Crippen LogP contribution in [0.3, 0.4) is 0 Å². The molecule has 0 amide bonds. The molecule has 0 N–H and O–H groups in total. The first-order chi connectivity index (χ1) is 6.70. The summed E-state index contributed by atoms with van der Waals surface area (Å²) in [4.78, 5) is 22.1. The van der Waals surface area contributed by atoms with Gasteiger partial charge in [-0.1, -0.05) is 6.92 Å². The number of unbranched alkanes of at least 4 members (excludes halogenated alkanes) is 1. The Bertz CT molecular complexity index is 223. The molecule has 0 aromatic heterocycles. The molecule has 0 saturated heterocycles. The van der Waals surface area contributed by atoms with Gasteiger partial charge >= 0.3 is 0 Å². The minimum atomic E-state index is 0.226. The molecule has 0 aliphatic rings. The highest BCUT2D eigenvalue weighted by Gasteiger charge is 2.03. The molecule has 0 spiro atoms. The molecule has 0 aromatic carbocycles. The van der Waals surface area contributed by atoms with Crippen LogP contribution in [-0.2, 0) is 9.59 Å². The Balaban J connectivity index is 3.36. The summed E-state index contributed by atoms with van der Waals surface area (Å²) in [5.74, 6) is 2.96. The first-order valence-corrected chi connectivity index (χ1v) is 5.17. The van der Waals surface area contributed by atoms with Crippen molar-refractivity contribution in [2.75, 3.05) is 0 Å². The van der Waals surface area contributed by atoms with E-state index in [1.165, 1.54) is 0 Å². The van der Waals surface area contributed by atoms with Crippen molar-refractivity contribution in [2.45, 2.75) is 51.9 Å². The predicted octanol–water partition coefficient (Wildman–Crippen LogP) is 2.51. The molecule has 0 rings (SSSR count). The van der Waals surface area contributed by atoms with Gasteiger partial charge in [0.15, 0.2) is 0 Å². The molecular formula is C12H18O2. The summed E-state index contributed by atoms with van der Waals surface area (Å²) in [6.45, 7) is 1.84. The van der Waals surface area contributed by atoms with E-state index >= 15 is 0 Å². The molecule has 0 radical (unpaired) electrons. The van der Waals surface area contributed by atoms with Crippen molar-refractivity contribution in [3.8, 4) is 12.3 Å². The largest absolute Gasteiger partial charge is 0.300 e. The number of ketones is 2. The van der Waals surface area contributed by atoms with Crippen molar-refractivity contribution < 1.29 is 9.59 Å². The molecule has 2 nitrogen and oxygen atoms in total. The average Bonchev–Trinajstić information content (AvgIpc) is 2.18. The lowest BCUT2D eigenvalue weighted by Crippen LogP contribution is -2.00. The number of Topliss-reactive ketones (excluding diaryl/α,β-unsaturated/α-hetero) is 2. The van der Waals surface area contributed by atoms with E-state index in [-0.39, 0.29) is 11.6 Å². The maximum absolute atomic E-state index is 11.2. The molecule has 14 heavy (non-hydrogen) atoms. The maximum Gasteiger partial charge on any atom is 0.132 e. The highest BCUT2D eigenvalue weighted by Crippen LogP contribution is 2.04. The zero-order chi connectivity index (χ0) is 10.8. The number of rotatable bonds is 8. The molecule has 78 valence electrons. The third-order valence-corrected chi connectivity index (χ3v) is 2.08. The van der Waals surface area contributed by atoms with Gasteiger partial charge in [0.2, 0.25) is 0 Å². The standard InChI is InChI=1S/C12H18O2/c1-3-5-6-8-12(14)10-7-9-11(13)4-2/h1H,4-10H2,2H3. The van der Waals surface area contributed by atoms with E-state index in [1.54, 1.807) is 0 Å². The molecule has 0 aliphatic heterocycles. The van der Waals surface area contributed by atoms with Crippen LogP contribution in [0.2, 0.25) is 0 Å². The monoisotopic (exact) mass is 194 g/mol. The van der Waals surface area contributed by atoms with Crippen LogP contribution in [0.5, 0.6) is 0 Å². The Hall–Kier alpha value is -1.10. The quantitative estimate of drug-likeness (QED) is 0.439. The highest BCUT2D eigenvalue weighted by molar-refractivity contribution is 5.81. The van der Waals surface area contributed by atoms with Crippen LogP contribution in [-0.4, -0.2) is 11.6 Å². The fraction of sp³-hybridized carbons (Fsp3) is 0.667. The number of hydrogen-bond donors (Lipinski definition) is 0. The number of carbonyl (C=O) groups excluding carboxylic acids is 2. The van der Waals surface area contributed by atoms with E-state index in [4.69, 9.17) is 6.42 Å². The van der Waals surface area contributed by atoms with Gasteiger partial charge in [-0.15, -0.1) is 12.3 Å². The third-order valence-electron chi connectivity index (χ3n) is 2.08. The Labute approximate surface area is 86.1 Å². The number of hydrogen-bond acceptors (Lipinski definition) is 2. The van der Waals surface area contributed by atoms with Crippen molar-refractivity contribution in [1.82, 2.24) is 0 Å². The van der Waals surface area contributed by atoms with Crippen molar-refractivity contribution in [2.24, 2.45) is 0 Å². The number of terminal acetylenes is 1. The topological polar surface area (TPSA) is 34.1 Å². The van der Waals surface area contributed by atoms with Crippen molar-refractivity contribution in [1.29, 1.82) is 0 Å². The van der Waals surface area contributed by atoms with Gasteiger partial charge in [-0.2, -0.15) is 0 Å². The van der Waals surface area contributed by atoms with Crippen LogP contribution in [0.1, 0.15) is 51.9 Å². The maximum atomic E-state index is 11.2. The van der Waals surface area contributed by atoms with Crippen LogP contribution in [0, 0.1) is 12.3 Å². The summed E-state index contributed by atoms with van der Waals surface area (Å²) in [5, 5.41) is 0. The van der Waals surface area contributed by atoms with Crippen molar-refractivity contribution in [3.63, 3.8) is 0 Å². The van der Waals surface area contributed by atoms with Crippen LogP contribution < -0.4 is 0 Å². The fourth-order valence-electron chi connectivity index (χ4n) is 1.17. The zero-order valence-corrected chi connectivity index (χ0v) is 8.84. The minimum Gasteiger partial charge on any atom is -0.300 e. The Kier molecular flexibility index (Phi) is 7.83. The second-order valence-corrected chi connectivity index (χ2v) is 3.34. The summed E-state index contributed by atoms with van der Waals surface area (Å²) in [7, 11) is 0. The molecule has 0 bridgehead atoms. The van der Waals surface area contributed by atoms with Gasteiger partial charge in [0.05, 0.1) is 0 Å². The summed E-state index contributed by atoms with van der Waals surface area (Å²) in [6.07, 6.45) is 9.40. The van der Waals surface area contributed by atoms with E-state index in [1.807, 2.05) is 6.92 Å². The summed E-state index contributed by atoms with van der Waals surface area (Å²) in [6, 6.07) is 0. The van der Waals surface area contributed by atoms with Gasteiger partial charge in [0, 0.05) is 32.1 Å². The molecule has 2 heteroatoms. The minimum absolute atomic E-state index is 0.226. The van der Waals surface area contributed by atoms with Gasteiger partial charge in [-0.3, -0.25) is 9.59 Å². The summed E-state index contributed by atoms with van der Waals surface area (Å²) >= 11 is 0. The molecule has 0 saturated carbocycles. The fourth-order valence-corrected chi connectivity index (χ4v) is 1.17. The molecule has 0 unspecified atom stereocenters. The Morgan fingerprint density at radius 1 is 1.07 bits per heavy atom. The Morgan fingerprint density at radius 2 is 1.64 bits per heavy atom. The normalized spacial score (nSPS) is 9.43. The third kappa shape index (κ3) is 7.54. The van der Waals surface area contributed by atoms with E-state index < -0.39 is 0 Å². The zero-order valence-electron chi connectivity index (χ0n) is 8.84.